The summed E-state index contributed by atoms with van der Waals surface area (Å²) in [7, 11) is 1.91. The Morgan fingerprint density at radius 2 is 2.29 bits per heavy atom. The zero-order valence-corrected chi connectivity index (χ0v) is 8.55. The first-order valence-corrected chi connectivity index (χ1v) is 4.92. The molecule has 0 aliphatic heterocycles. The highest BCUT2D eigenvalue weighted by Gasteiger charge is 2.07. The molecule has 1 heterocycles. The number of halogens is 2. The van der Waals surface area contributed by atoms with Gasteiger partial charge in [0.05, 0.1) is 11.0 Å². The number of hydrogen-bond donors (Lipinski definition) is 0. The molecule has 0 N–H and O–H groups in total. The first-order valence-electron chi connectivity index (χ1n) is 4.39. The minimum absolute atomic E-state index is 0.256. The summed E-state index contributed by atoms with van der Waals surface area (Å²) in [4.78, 5) is 4.30. The van der Waals surface area contributed by atoms with Crippen LogP contribution in [0.1, 0.15) is 5.82 Å². The molecule has 2 aromatic rings. The van der Waals surface area contributed by atoms with Crippen molar-refractivity contribution in [2.24, 2.45) is 7.05 Å². The van der Waals surface area contributed by atoms with Gasteiger partial charge in [0.1, 0.15) is 11.6 Å². The Morgan fingerprint density at radius 3 is 3.00 bits per heavy atom. The Hall–Kier alpha value is -1.09. The minimum atomic E-state index is -0.256. The van der Waals surface area contributed by atoms with Gasteiger partial charge in [-0.25, -0.2) is 9.37 Å². The maximum absolute atomic E-state index is 12.9. The van der Waals surface area contributed by atoms with Crippen LogP contribution in [-0.2, 0) is 13.5 Å². The van der Waals surface area contributed by atoms with Gasteiger partial charge < -0.3 is 4.57 Å². The van der Waals surface area contributed by atoms with Crippen LogP contribution in [0, 0.1) is 5.82 Å². The lowest BCUT2D eigenvalue weighted by Crippen LogP contribution is -1.98. The summed E-state index contributed by atoms with van der Waals surface area (Å²) in [6, 6.07) is 4.61. The molecule has 0 radical (unpaired) electrons. The van der Waals surface area contributed by atoms with Crippen molar-refractivity contribution in [1.29, 1.82) is 0 Å². The lowest BCUT2D eigenvalue weighted by Gasteiger charge is -1.98. The molecule has 74 valence electrons. The molecule has 2 rings (SSSR count). The number of benzene rings is 1. The minimum Gasteiger partial charge on any atom is -0.331 e. The summed E-state index contributed by atoms with van der Waals surface area (Å²) in [6.45, 7) is 0. The predicted molar refractivity (Wildman–Crippen MR) is 55.1 cm³/mol. The van der Waals surface area contributed by atoms with Gasteiger partial charge in [-0.05, 0) is 12.1 Å². The van der Waals surface area contributed by atoms with Crippen LogP contribution in [0.2, 0.25) is 0 Å². The van der Waals surface area contributed by atoms with Crippen molar-refractivity contribution < 1.29 is 4.39 Å². The zero-order chi connectivity index (χ0) is 10.1. The highest BCUT2D eigenvalue weighted by molar-refractivity contribution is 6.17. The van der Waals surface area contributed by atoms with Crippen molar-refractivity contribution in [2.45, 2.75) is 6.42 Å². The molecule has 2 nitrogen and oxygen atoms in total. The fraction of sp³-hybridized carbons (Fsp3) is 0.300. The standard InChI is InChI=1S/C10H10ClFN2/c1-14-9-3-2-7(12)6-8(9)13-10(14)4-5-11/h2-3,6H,4-5H2,1H3. The first kappa shape index (κ1) is 9.46. The fourth-order valence-corrected chi connectivity index (χ4v) is 1.70. The zero-order valence-electron chi connectivity index (χ0n) is 7.80. The molecule has 0 saturated carbocycles. The van der Waals surface area contributed by atoms with E-state index in [1.165, 1.54) is 12.1 Å². The van der Waals surface area contributed by atoms with Gasteiger partial charge >= 0.3 is 0 Å². The van der Waals surface area contributed by atoms with Crippen LogP contribution < -0.4 is 0 Å². The summed E-state index contributed by atoms with van der Waals surface area (Å²) in [5.74, 6) is 1.16. The maximum Gasteiger partial charge on any atom is 0.125 e. The van der Waals surface area contributed by atoms with Crippen LogP contribution in [0.15, 0.2) is 18.2 Å². The quantitative estimate of drug-likeness (QED) is 0.700. The van der Waals surface area contributed by atoms with E-state index in [1.54, 1.807) is 6.07 Å². The van der Waals surface area contributed by atoms with Gasteiger partial charge in [0.25, 0.3) is 0 Å². The number of aromatic nitrogens is 2. The van der Waals surface area contributed by atoms with Gasteiger partial charge in [-0.15, -0.1) is 11.6 Å². The van der Waals surface area contributed by atoms with E-state index in [-0.39, 0.29) is 5.82 Å². The summed E-state index contributed by atoms with van der Waals surface area (Å²) in [6.07, 6.45) is 0.703. The Labute approximate surface area is 86.3 Å². The average molecular weight is 213 g/mol. The van der Waals surface area contributed by atoms with E-state index in [0.717, 1.165) is 11.3 Å². The lowest BCUT2D eigenvalue weighted by atomic mass is 10.3. The van der Waals surface area contributed by atoms with Gasteiger partial charge in [-0.3, -0.25) is 0 Å². The van der Waals surface area contributed by atoms with Crippen LogP contribution >= 0.6 is 11.6 Å². The second-order valence-corrected chi connectivity index (χ2v) is 3.54. The highest BCUT2D eigenvalue weighted by atomic mass is 35.5. The largest absolute Gasteiger partial charge is 0.331 e. The highest BCUT2D eigenvalue weighted by Crippen LogP contribution is 2.16. The van der Waals surface area contributed by atoms with Gasteiger partial charge in [-0.1, -0.05) is 0 Å². The molecule has 0 saturated heterocycles. The van der Waals surface area contributed by atoms with Crippen LogP contribution in [0.3, 0.4) is 0 Å². The normalized spacial score (nSPS) is 11.1. The molecule has 1 aromatic carbocycles. The Bertz CT molecular complexity index is 464. The second kappa shape index (κ2) is 3.58. The van der Waals surface area contributed by atoms with Crippen molar-refractivity contribution in [3.05, 3.63) is 29.8 Å². The van der Waals surface area contributed by atoms with Crippen molar-refractivity contribution in [3.8, 4) is 0 Å². The Kier molecular flexibility index (Phi) is 2.42. The summed E-state index contributed by atoms with van der Waals surface area (Å²) in [5.41, 5.74) is 1.62. The molecule has 0 bridgehead atoms. The third kappa shape index (κ3) is 1.48. The summed E-state index contributed by atoms with van der Waals surface area (Å²) >= 11 is 5.64. The molecule has 0 amide bonds. The lowest BCUT2D eigenvalue weighted by molar-refractivity contribution is 0.629. The van der Waals surface area contributed by atoms with E-state index in [9.17, 15) is 4.39 Å². The summed E-state index contributed by atoms with van der Waals surface area (Å²) < 4.78 is 14.8. The number of nitrogens with zero attached hydrogens (tertiary/aromatic N) is 2. The third-order valence-electron chi connectivity index (χ3n) is 2.25. The molecule has 0 atom stereocenters. The topological polar surface area (TPSA) is 17.8 Å². The van der Waals surface area contributed by atoms with Crippen LogP contribution in [0.4, 0.5) is 4.39 Å². The predicted octanol–water partition coefficient (Wildman–Crippen LogP) is 2.49. The van der Waals surface area contributed by atoms with Crippen LogP contribution in [0.5, 0.6) is 0 Å². The van der Waals surface area contributed by atoms with E-state index >= 15 is 0 Å². The maximum atomic E-state index is 12.9. The molecule has 4 heteroatoms. The van der Waals surface area contributed by atoms with E-state index in [1.807, 2.05) is 11.6 Å². The first-order chi connectivity index (χ1) is 6.72. The third-order valence-corrected chi connectivity index (χ3v) is 2.44. The van der Waals surface area contributed by atoms with E-state index < -0.39 is 0 Å². The molecular formula is C10H10ClFN2. The second-order valence-electron chi connectivity index (χ2n) is 3.16. The average Bonchev–Trinajstić information content (AvgIpc) is 2.44. The van der Waals surface area contributed by atoms with Crippen molar-refractivity contribution in [3.63, 3.8) is 0 Å². The number of fused-ring (bicyclic) bond motifs is 1. The molecule has 0 aliphatic rings. The van der Waals surface area contributed by atoms with E-state index in [0.29, 0.717) is 17.8 Å². The number of aryl methyl sites for hydroxylation is 2. The Balaban J connectivity index is 2.61. The van der Waals surface area contributed by atoms with Crippen LogP contribution in [-0.4, -0.2) is 15.4 Å². The molecule has 1 aromatic heterocycles. The van der Waals surface area contributed by atoms with Crippen molar-refractivity contribution in [1.82, 2.24) is 9.55 Å². The van der Waals surface area contributed by atoms with Gasteiger partial charge in [0.15, 0.2) is 0 Å². The molecule has 0 unspecified atom stereocenters. The van der Waals surface area contributed by atoms with Crippen molar-refractivity contribution in [2.75, 3.05) is 5.88 Å². The number of hydrogen-bond acceptors (Lipinski definition) is 1. The van der Waals surface area contributed by atoms with E-state index in [2.05, 4.69) is 4.98 Å². The monoisotopic (exact) mass is 212 g/mol. The molecule has 0 aliphatic carbocycles. The molecular weight excluding hydrogens is 203 g/mol. The molecule has 14 heavy (non-hydrogen) atoms. The Morgan fingerprint density at radius 1 is 1.50 bits per heavy atom. The van der Waals surface area contributed by atoms with Gasteiger partial charge in [-0.2, -0.15) is 0 Å². The number of rotatable bonds is 2. The van der Waals surface area contributed by atoms with Gasteiger partial charge in [0, 0.05) is 25.4 Å². The van der Waals surface area contributed by atoms with Crippen LogP contribution in [0.25, 0.3) is 11.0 Å². The molecule has 0 fully saturated rings. The smallest absolute Gasteiger partial charge is 0.125 e. The van der Waals surface area contributed by atoms with Crippen molar-refractivity contribution >= 4 is 22.6 Å². The van der Waals surface area contributed by atoms with E-state index in [4.69, 9.17) is 11.6 Å². The number of imidazole rings is 1. The SMILES string of the molecule is Cn1c(CCCl)nc2cc(F)ccc21. The molecule has 0 spiro atoms. The number of alkyl halides is 1. The summed E-state index contributed by atoms with van der Waals surface area (Å²) in [5, 5.41) is 0. The fourth-order valence-electron chi connectivity index (χ4n) is 1.53. The van der Waals surface area contributed by atoms with Gasteiger partial charge in [0.2, 0.25) is 0 Å².